The summed E-state index contributed by atoms with van der Waals surface area (Å²) in [6.07, 6.45) is 0. The average Bonchev–Trinajstić information content (AvgIpc) is 3.28. The molecule has 0 bridgehead atoms. The van der Waals surface area contributed by atoms with Gasteiger partial charge in [0, 0.05) is 0 Å². The van der Waals surface area contributed by atoms with E-state index in [0.29, 0.717) is 12.2 Å². The molecule has 1 amide bonds. The van der Waals surface area contributed by atoms with Crippen LogP contribution in [-0.2, 0) is 25.7 Å². The van der Waals surface area contributed by atoms with Crippen LogP contribution in [0.4, 0.5) is 0 Å². The van der Waals surface area contributed by atoms with E-state index in [4.69, 9.17) is 15.2 Å². The van der Waals surface area contributed by atoms with Crippen molar-refractivity contribution in [2.24, 2.45) is 5.73 Å². The molecule has 174 valence electrons. The normalized spacial score (nSPS) is 13.2. The molecule has 10 nitrogen and oxygen atoms in total. The maximum absolute atomic E-state index is 12.5. The second-order valence-corrected chi connectivity index (χ2v) is 8.05. The number of carbonyl (C=O) groups excluding carboxylic acids is 2. The number of hydrogen-bond donors (Lipinski definition) is 2. The molecular formula is C23H28N6O4. The van der Waals surface area contributed by atoms with Crippen molar-refractivity contribution in [3.05, 3.63) is 77.6 Å². The number of esters is 1. The monoisotopic (exact) mass is 452 g/mol. The Kier molecular flexibility index (Phi) is 7.86. The number of nitrogens with two attached hydrogens (primary N) is 1. The minimum absolute atomic E-state index is 0.0800. The van der Waals surface area contributed by atoms with Gasteiger partial charge >= 0.3 is 5.97 Å². The van der Waals surface area contributed by atoms with Gasteiger partial charge < -0.3 is 20.5 Å². The Hall–Kier alpha value is -3.63. The summed E-state index contributed by atoms with van der Waals surface area (Å²) in [5, 5.41) is 15.3. The van der Waals surface area contributed by atoms with E-state index < -0.39 is 29.5 Å². The van der Waals surface area contributed by atoms with Crippen molar-refractivity contribution >= 4 is 11.9 Å². The van der Waals surface area contributed by atoms with E-state index in [2.05, 4.69) is 20.7 Å². The summed E-state index contributed by atoms with van der Waals surface area (Å²) in [7, 11) is 1.29. The zero-order valence-corrected chi connectivity index (χ0v) is 18.8. The van der Waals surface area contributed by atoms with Crippen LogP contribution in [0, 0.1) is 0 Å². The van der Waals surface area contributed by atoms with E-state index in [9.17, 15) is 9.59 Å². The first-order valence-corrected chi connectivity index (χ1v) is 10.4. The molecular weight excluding hydrogens is 424 g/mol. The van der Waals surface area contributed by atoms with Crippen molar-refractivity contribution in [2.45, 2.75) is 38.1 Å². The molecule has 1 aromatic heterocycles. The molecule has 0 saturated heterocycles. The van der Waals surface area contributed by atoms with Crippen molar-refractivity contribution in [3.8, 4) is 0 Å². The van der Waals surface area contributed by atoms with Crippen LogP contribution in [0.25, 0.3) is 0 Å². The van der Waals surface area contributed by atoms with E-state index in [1.54, 1.807) is 38.1 Å². The Bertz CT molecular complexity index is 1050. The predicted octanol–water partition coefficient (Wildman–Crippen LogP) is 1.55. The van der Waals surface area contributed by atoms with Crippen LogP contribution < -0.4 is 11.1 Å². The Morgan fingerprint density at radius 3 is 2.33 bits per heavy atom. The predicted molar refractivity (Wildman–Crippen MR) is 120 cm³/mol. The van der Waals surface area contributed by atoms with E-state index in [0.717, 1.165) is 5.56 Å². The molecule has 3 aromatic rings. The van der Waals surface area contributed by atoms with Gasteiger partial charge in [0.2, 0.25) is 5.91 Å². The first kappa shape index (κ1) is 24.0. The summed E-state index contributed by atoms with van der Waals surface area (Å²) >= 11 is 0. The van der Waals surface area contributed by atoms with Crippen LogP contribution in [-0.4, -0.2) is 51.3 Å². The van der Waals surface area contributed by atoms with Crippen LogP contribution in [0.2, 0.25) is 0 Å². The van der Waals surface area contributed by atoms with Crippen LogP contribution in [0.5, 0.6) is 0 Å². The van der Waals surface area contributed by atoms with Gasteiger partial charge in [-0.2, -0.15) is 0 Å². The molecule has 1 unspecified atom stereocenters. The fourth-order valence-corrected chi connectivity index (χ4v) is 2.99. The third-order valence-electron chi connectivity index (χ3n) is 4.81. The van der Waals surface area contributed by atoms with Gasteiger partial charge in [-0.3, -0.25) is 4.79 Å². The first-order chi connectivity index (χ1) is 15.8. The summed E-state index contributed by atoms with van der Waals surface area (Å²) in [6.45, 7) is 3.60. The van der Waals surface area contributed by atoms with Crippen molar-refractivity contribution in [2.75, 3.05) is 13.7 Å². The van der Waals surface area contributed by atoms with Crippen LogP contribution in [0.15, 0.2) is 60.7 Å². The Morgan fingerprint density at radius 2 is 1.73 bits per heavy atom. The molecule has 0 spiro atoms. The van der Waals surface area contributed by atoms with Gasteiger partial charge in [0.25, 0.3) is 0 Å². The van der Waals surface area contributed by atoms with Gasteiger partial charge in [0.1, 0.15) is 6.04 Å². The largest absolute Gasteiger partial charge is 0.467 e. The number of carbonyl (C=O) groups is 2. The second kappa shape index (κ2) is 10.8. The first-order valence-electron chi connectivity index (χ1n) is 10.4. The van der Waals surface area contributed by atoms with Crippen molar-refractivity contribution < 1.29 is 19.1 Å². The minimum atomic E-state index is -1.12. The lowest BCUT2D eigenvalue weighted by Gasteiger charge is -2.22. The highest BCUT2D eigenvalue weighted by atomic mass is 16.5. The molecule has 0 aliphatic carbocycles. The number of nitrogens with zero attached hydrogens (tertiary/aromatic N) is 4. The van der Waals surface area contributed by atoms with Gasteiger partial charge in [0.05, 0.1) is 25.9 Å². The minimum Gasteiger partial charge on any atom is -0.467 e. The number of amides is 1. The fourth-order valence-electron chi connectivity index (χ4n) is 2.99. The lowest BCUT2D eigenvalue weighted by Crippen LogP contribution is -2.50. The van der Waals surface area contributed by atoms with Crippen LogP contribution in [0.1, 0.15) is 42.9 Å². The molecule has 3 rings (SSSR count). The number of aromatic nitrogens is 4. The number of hydrogen-bond acceptors (Lipinski definition) is 8. The van der Waals surface area contributed by atoms with E-state index >= 15 is 0 Å². The molecule has 0 saturated carbocycles. The molecule has 2 aromatic carbocycles. The zero-order chi connectivity index (χ0) is 23.8. The summed E-state index contributed by atoms with van der Waals surface area (Å²) < 4.78 is 10.7. The summed E-state index contributed by atoms with van der Waals surface area (Å²) in [6, 6.07) is 16.9. The highest BCUT2D eigenvalue weighted by molar-refractivity contribution is 5.85. The maximum Gasteiger partial charge on any atom is 0.337 e. The second-order valence-electron chi connectivity index (χ2n) is 8.05. The summed E-state index contributed by atoms with van der Waals surface area (Å²) in [5.74, 6) is -0.764. The molecule has 2 atom stereocenters. The number of tetrazole rings is 1. The van der Waals surface area contributed by atoms with Gasteiger partial charge in [-0.25, -0.2) is 4.79 Å². The number of rotatable bonds is 10. The Balaban J connectivity index is 1.83. The SMILES string of the molecule is COC(=O)C(c1ccccc1)n1nnc([C@@H](COCc2ccccc2)NC(=O)C(C)(C)N)n1. The van der Waals surface area contributed by atoms with Crippen molar-refractivity contribution in [1.82, 2.24) is 25.5 Å². The lowest BCUT2D eigenvalue weighted by atomic mass is 10.1. The van der Waals surface area contributed by atoms with Gasteiger partial charge in [-0.05, 0) is 30.2 Å². The average molecular weight is 453 g/mol. The van der Waals surface area contributed by atoms with Gasteiger partial charge in [-0.1, -0.05) is 60.7 Å². The van der Waals surface area contributed by atoms with E-state index in [-0.39, 0.29) is 12.4 Å². The van der Waals surface area contributed by atoms with E-state index in [1.165, 1.54) is 11.9 Å². The third-order valence-corrected chi connectivity index (χ3v) is 4.81. The summed E-state index contributed by atoms with van der Waals surface area (Å²) in [4.78, 5) is 26.2. The standard InChI is InChI=1S/C23H28N6O4/c1-23(2,24)22(31)25-18(15-33-14-16-10-6-4-7-11-16)20-26-28-29(27-20)19(21(30)32-3)17-12-8-5-9-13-17/h4-13,18-19H,14-15,24H2,1-3H3,(H,25,31)/t18-,19?/m1/s1. The molecule has 0 fully saturated rings. The molecule has 0 radical (unpaired) electrons. The smallest absolute Gasteiger partial charge is 0.337 e. The quantitative estimate of drug-likeness (QED) is 0.443. The van der Waals surface area contributed by atoms with Gasteiger partial charge in [-0.15, -0.1) is 15.0 Å². The van der Waals surface area contributed by atoms with Crippen LogP contribution >= 0.6 is 0 Å². The van der Waals surface area contributed by atoms with Crippen LogP contribution in [0.3, 0.4) is 0 Å². The highest BCUT2D eigenvalue weighted by Crippen LogP contribution is 2.19. The van der Waals surface area contributed by atoms with Crippen molar-refractivity contribution in [1.29, 1.82) is 0 Å². The number of nitrogens with one attached hydrogen (secondary N) is 1. The van der Waals surface area contributed by atoms with E-state index in [1.807, 2.05) is 36.4 Å². The number of ether oxygens (including phenoxy) is 2. The molecule has 1 heterocycles. The highest BCUT2D eigenvalue weighted by Gasteiger charge is 2.30. The number of benzene rings is 2. The third kappa shape index (κ3) is 6.43. The summed E-state index contributed by atoms with van der Waals surface area (Å²) in [5.41, 5.74) is 6.43. The maximum atomic E-state index is 12.5. The molecule has 33 heavy (non-hydrogen) atoms. The number of methoxy groups -OCH3 is 1. The molecule has 0 aliphatic rings. The van der Waals surface area contributed by atoms with Gasteiger partial charge in [0.15, 0.2) is 11.9 Å². The lowest BCUT2D eigenvalue weighted by molar-refractivity contribution is -0.143. The topological polar surface area (TPSA) is 134 Å². The molecule has 0 aliphatic heterocycles. The molecule has 10 heteroatoms. The molecule has 3 N–H and O–H groups in total. The fraction of sp³-hybridized carbons (Fsp3) is 0.348. The Morgan fingerprint density at radius 1 is 1.09 bits per heavy atom. The Labute approximate surface area is 192 Å². The van der Waals surface area contributed by atoms with Crippen molar-refractivity contribution in [3.63, 3.8) is 0 Å². The zero-order valence-electron chi connectivity index (χ0n) is 18.8.